The van der Waals surface area contributed by atoms with Gasteiger partial charge in [0.1, 0.15) is 6.04 Å². The molecule has 1 amide bonds. The van der Waals surface area contributed by atoms with Gasteiger partial charge < -0.3 is 9.47 Å². The van der Waals surface area contributed by atoms with Gasteiger partial charge in [-0.2, -0.15) is 0 Å². The SMILES string of the molecule is C[C@H](C(=O)N1CCN2CCCC[C@@H]2C1)n1cnc2ccccc21. The smallest absolute Gasteiger partial charge is 0.245 e. The molecule has 5 nitrogen and oxygen atoms in total. The zero-order chi connectivity index (χ0) is 15.8. The highest BCUT2D eigenvalue weighted by atomic mass is 16.2. The van der Waals surface area contributed by atoms with Crippen molar-refractivity contribution in [2.75, 3.05) is 26.2 Å². The molecule has 2 saturated heterocycles. The van der Waals surface area contributed by atoms with Crippen molar-refractivity contribution >= 4 is 16.9 Å². The maximum atomic E-state index is 13.0. The summed E-state index contributed by atoms with van der Waals surface area (Å²) in [5.74, 6) is 0.221. The number of carbonyl (C=O) groups is 1. The predicted octanol–water partition coefficient (Wildman–Crippen LogP) is 2.29. The van der Waals surface area contributed by atoms with Crippen molar-refractivity contribution in [2.24, 2.45) is 0 Å². The molecule has 1 aromatic heterocycles. The number of fused-ring (bicyclic) bond motifs is 2. The van der Waals surface area contributed by atoms with Crippen molar-refractivity contribution < 1.29 is 4.79 Å². The fourth-order valence-electron chi connectivity index (χ4n) is 4.03. The minimum Gasteiger partial charge on any atom is -0.338 e. The molecule has 0 radical (unpaired) electrons. The van der Waals surface area contributed by atoms with Crippen LogP contribution < -0.4 is 0 Å². The highest BCUT2D eigenvalue weighted by Gasteiger charge is 2.33. The van der Waals surface area contributed by atoms with E-state index in [0.717, 1.165) is 30.7 Å². The van der Waals surface area contributed by atoms with Gasteiger partial charge in [-0.15, -0.1) is 0 Å². The summed E-state index contributed by atoms with van der Waals surface area (Å²) in [5, 5.41) is 0. The number of nitrogens with zero attached hydrogens (tertiary/aromatic N) is 4. The van der Waals surface area contributed by atoms with Crippen LogP contribution in [0.5, 0.6) is 0 Å². The molecule has 1 aromatic carbocycles. The Hall–Kier alpha value is -1.88. The van der Waals surface area contributed by atoms with E-state index in [1.807, 2.05) is 35.8 Å². The average Bonchev–Trinajstić information content (AvgIpc) is 3.04. The van der Waals surface area contributed by atoms with Crippen LogP contribution in [0.2, 0.25) is 0 Å². The lowest BCUT2D eigenvalue weighted by atomic mass is 9.99. The van der Waals surface area contributed by atoms with Crippen LogP contribution in [-0.2, 0) is 4.79 Å². The van der Waals surface area contributed by atoms with Crippen LogP contribution in [0.3, 0.4) is 0 Å². The lowest BCUT2D eigenvalue weighted by molar-refractivity contribution is -0.137. The van der Waals surface area contributed by atoms with Gasteiger partial charge in [-0.3, -0.25) is 9.69 Å². The van der Waals surface area contributed by atoms with E-state index in [-0.39, 0.29) is 11.9 Å². The van der Waals surface area contributed by atoms with Gasteiger partial charge in [-0.1, -0.05) is 18.6 Å². The van der Waals surface area contributed by atoms with Crippen molar-refractivity contribution in [3.05, 3.63) is 30.6 Å². The van der Waals surface area contributed by atoms with E-state index in [1.165, 1.54) is 25.8 Å². The molecule has 0 unspecified atom stereocenters. The first kappa shape index (κ1) is 14.7. The third-order valence-corrected chi connectivity index (χ3v) is 5.40. The molecule has 0 saturated carbocycles. The van der Waals surface area contributed by atoms with Gasteiger partial charge in [0.25, 0.3) is 0 Å². The Morgan fingerprint density at radius 1 is 1.22 bits per heavy atom. The molecule has 4 rings (SSSR count). The highest BCUT2D eigenvalue weighted by Crippen LogP contribution is 2.24. The van der Waals surface area contributed by atoms with Gasteiger partial charge in [0, 0.05) is 25.7 Å². The molecule has 0 spiro atoms. The number of imidazole rings is 1. The number of carbonyl (C=O) groups excluding carboxylic acids is 1. The molecule has 5 heteroatoms. The van der Waals surface area contributed by atoms with E-state index in [2.05, 4.69) is 14.8 Å². The second kappa shape index (κ2) is 5.96. The topological polar surface area (TPSA) is 41.4 Å². The van der Waals surface area contributed by atoms with Crippen LogP contribution in [0.1, 0.15) is 32.2 Å². The quantitative estimate of drug-likeness (QED) is 0.854. The zero-order valence-electron chi connectivity index (χ0n) is 13.7. The van der Waals surface area contributed by atoms with E-state index >= 15 is 0 Å². The van der Waals surface area contributed by atoms with Crippen molar-refractivity contribution in [1.29, 1.82) is 0 Å². The van der Waals surface area contributed by atoms with Gasteiger partial charge in [-0.25, -0.2) is 4.98 Å². The number of hydrogen-bond donors (Lipinski definition) is 0. The molecule has 23 heavy (non-hydrogen) atoms. The predicted molar refractivity (Wildman–Crippen MR) is 90.2 cm³/mol. The summed E-state index contributed by atoms with van der Waals surface area (Å²) in [6.07, 6.45) is 5.63. The van der Waals surface area contributed by atoms with Crippen LogP contribution in [0.4, 0.5) is 0 Å². The minimum atomic E-state index is -0.197. The monoisotopic (exact) mass is 312 g/mol. The number of piperidine rings is 1. The van der Waals surface area contributed by atoms with Crippen LogP contribution in [-0.4, -0.2) is 57.5 Å². The third-order valence-electron chi connectivity index (χ3n) is 5.40. The van der Waals surface area contributed by atoms with Crippen LogP contribution >= 0.6 is 0 Å². The van der Waals surface area contributed by atoms with Crippen LogP contribution in [0.15, 0.2) is 30.6 Å². The molecule has 2 fully saturated rings. The van der Waals surface area contributed by atoms with E-state index in [4.69, 9.17) is 0 Å². The maximum absolute atomic E-state index is 13.0. The summed E-state index contributed by atoms with van der Waals surface area (Å²) in [6, 6.07) is 8.37. The Morgan fingerprint density at radius 2 is 2.09 bits per heavy atom. The van der Waals surface area contributed by atoms with Gasteiger partial charge >= 0.3 is 0 Å². The van der Waals surface area contributed by atoms with E-state index in [1.54, 1.807) is 6.33 Å². The van der Waals surface area contributed by atoms with Gasteiger partial charge in [0.05, 0.1) is 17.4 Å². The lowest BCUT2D eigenvalue weighted by Crippen LogP contribution is -2.57. The second-order valence-electron chi connectivity index (χ2n) is 6.79. The summed E-state index contributed by atoms with van der Waals surface area (Å²) in [5.41, 5.74) is 1.98. The van der Waals surface area contributed by atoms with Crippen molar-refractivity contribution in [2.45, 2.75) is 38.3 Å². The summed E-state index contributed by atoms with van der Waals surface area (Å²) in [4.78, 5) is 22.0. The molecule has 122 valence electrons. The maximum Gasteiger partial charge on any atom is 0.245 e. The summed E-state index contributed by atoms with van der Waals surface area (Å²) in [7, 11) is 0. The van der Waals surface area contributed by atoms with Crippen molar-refractivity contribution in [1.82, 2.24) is 19.4 Å². The fourth-order valence-corrected chi connectivity index (χ4v) is 4.03. The summed E-state index contributed by atoms with van der Waals surface area (Å²) in [6.45, 7) is 5.95. The highest BCUT2D eigenvalue weighted by molar-refractivity contribution is 5.83. The number of rotatable bonds is 2. The molecule has 2 aliphatic heterocycles. The number of piperazine rings is 1. The molecular formula is C18H24N4O. The third kappa shape index (κ3) is 2.63. The molecule has 2 aliphatic rings. The Kier molecular flexibility index (Phi) is 3.81. The van der Waals surface area contributed by atoms with Crippen LogP contribution in [0.25, 0.3) is 11.0 Å². The molecule has 2 atom stereocenters. The summed E-state index contributed by atoms with van der Waals surface area (Å²) >= 11 is 0. The molecular weight excluding hydrogens is 288 g/mol. The number of amides is 1. The molecule has 0 aliphatic carbocycles. The number of benzene rings is 1. The lowest BCUT2D eigenvalue weighted by Gasteiger charge is -2.44. The van der Waals surface area contributed by atoms with Crippen LogP contribution in [0, 0.1) is 0 Å². The van der Waals surface area contributed by atoms with E-state index < -0.39 is 0 Å². The molecule has 0 N–H and O–H groups in total. The Balaban J connectivity index is 1.52. The molecule has 0 bridgehead atoms. The van der Waals surface area contributed by atoms with Gasteiger partial charge in [0.2, 0.25) is 5.91 Å². The summed E-state index contributed by atoms with van der Waals surface area (Å²) < 4.78 is 2.00. The molecule has 2 aromatic rings. The fraction of sp³-hybridized carbons (Fsp3) is 0.556. The zero-order valence-corrected chi connectivity index (χ0v) is 13.7. The van der Waals surface area contributed by atoms with Crippen molar-refractivity contribution in [3.8, 4) is 0 Å². The van der Waals surface area contributed by atoms with E-state index in [9.17, 15) is 4.79 Å². The van der Waals surface area contributed by atoms with E-state index in [0.29, 0.717) is 6.04 Å². The average molecular weight is 312 g/mol. The standard InChI is InChI=1S/C18H24N4O/c1-14(22-13-19-16-7-2-3-8-17(16)22)18(23)21-11-10-20-9-5-4-6-15(20)12-21/h2-3,7-8,13-15H,4-6,9-12H2,1H3/t14-,15-/m1/s1. The Bertz CT molecular complexity index is 710. The number of para-hydroxylation sites is 2. The number of hydrogen-bond acceptors (Lipinski definition) is 3. The molecule has 3 heterocycles. The second-order valence-corrected chi connectivity index (χ2v) is 6.79. The van der Waals surface area contributed by atoms with Gasteiger partial charge in [0.15, 0.2) is 0 Å². The first-order valence-electron chi connectivity index (χ1n) is 8.68. The largest absolute Gasteiger partial charge is 0.338 e. The first-order chi connectivity index (χ1) is 11.2. The number of aromatic nitrogens is 2. The Labute approximate surface area is 136 Å². The normalized spacial score (nSPS) is 23.7. The van der Waals surface area contributed by atoms with Crippen molar-refractivity contribution in [3.63, 3.8) is 0 Å². The minimum absolute atomic E-state index is 0.197. The van der Waals surface area contributed by atoms with Gasteiger partial charge in [-0.05, 0) is 38.4 Å². The Morgan fingerprint density at radius 3 is 3.00 bits per heavy atom. The first-order valence-corrected chi connectivity index (χ1v) is 8.68.